The van der Waals surface area contributed by atoms with E-state index in [4.69, 9.17) is 0 Å². The molecular weight excluding hydrogens is 236 g/mol. The Labute approximate surface area is 114 Å². The van der Waals surface area contributed by atoms with E-state index in [1.54, 1.807) is 0 Å². The van der Waals surface area contributed by atoms with Gasteiger partial charge in [-0.15, -0.1) is 0 Å². The summed E-state index contributed by atoms with van der Waals surface area (Å²) < 4.78 is 0. The molecular formula is C15H22N4. The Hall–Kier alpha value is -1.68. The lowest BCUT2D eigenvalue weighted by Gasteiger charge is -2.19. The number of aromatic nitrogens is 3. The largest absolute Gasteiger partial charge is 0.301 e. The van der Waals surface area contributed by atoms with Gasteiger partial charge in [0.15, 0.2) is 0 Å². The summed E-state index contributed by atoms with van der Waals surface area (Å²) in [4.78, 5) is 4.17. The molecule has 0 bridgehead atoms. The average molecular weight is 258 g/mol. The Bertz CT molecular complexity index is 475. The highest BCUT2D eigenvalue weighted by Gasteiger charge is 2.12. The highest BCUT2D eigenvalue weighted by atomic mass is 15.2. The first kappa shape index (κ1) is 13.7. The molecule has 1 aromatic heterocycles. The van der Waals surface area contributed by atoms with Crippen LogP contribution in [-0.4, -0.2) is 15.2 Å². The second-order valence-electron chi connectivity index (χ2n) is 4.97. The first-order valence-corrected chi connectivity index (χ1v) is 6.91. The monoisotopic (exact) mass is 258 g/mol. The van der Waals surface area contributed by atoms with Gasteiger partial charge in [0.25, 0.3) is 0 Å². The average Bonchev–Trinajstić information content (AvgIpc) is 2.94. The van der Waals surface area contributed by atoms with Gasteiger partial charge in [0, 0.05) is 6.04 Å². The van der Waals surface area contributed by atoms with Gasteiger partial charge in [0.05, 0.1) is 6.04 Å². The molecule has 0 amide bonds. The second-order valence-corrected chi connectivity index (χ2v) is 4.97. The van der Waals surface area contributed by atoms with Crippen LogP contribution in [0.4, 0.5) is 0 Å². The van der Waals surface area contributed by atoms with E-state index in [1.165, 1.54) is 23.9 Å². The predicted molar refractivity (Wildman–Crippen MR) is 76.8 cm³/mol. The Kier molecular flexibility index (Phi) is 4.68. The van der Waals surface area contributed by atoms with E-state index in [0.717, 1.165) is 12.2 Å². The van der Waals surface area contributed by atoms with Gasteiger partial charge in [-0.1, -0.05) is 37.6 Å². The Morgan fingerprint density at radius 3 is 2.47 bits per heavy atom. The molecule has 0 radical (unpaired) electrons. The van der Waals surface area contributed by atoms with Crippen molar-refractivity contribution in [2.75, 3.05) is 0 Å². The molecule has 2 rings (SSSR count). The van der Waals surface area contributed by atoms with Gasteiger partial charge in [-0.3, -0.25) is 5.10 Å². The van der Waals surface area contributed by atoms with E-state index < -0.39 is 0 Å². The molecule has 0 saturated carbocycles. The lowest BCUT2D eigenvalue weighted by Crippen LogP contribution is -2.23. The van der Waals surface area contributed by atoms with Crippen molar-refractivity contribution in [2.45, 2.75) is 45.7 Å². The summed E-state index contributed by atoms with van der Waals surface area (Å²) in [5.74, 6) is 0.870. The van der Waals surface area contributed by atoms with Crippen molar-refractivity contribution < 1.29 is 0 Å². The topological polar surface area (TPSA) is 53.6 Å². The summed E-state index contributed by atoms with van der Waals surface area (Å²) in [5, 5.41) is 10.3. The molecule has 4 heteroatoms. The van der Waals surface area contributed by atoms with Crippen LogP contribution in [0, 0.1) is 0 Å². The molecule has 2 unspecified atom stereocenters. The van der Waals surface area contributed by atoms with Crippen LogP contribution >= 0.6 is 0 Å². The second kappa shape index (κ2) is 6.48. The fourth-order valence-corrected chi connectivity index (χ4v) is 2.24. The number of aromatic amines is 1. The maximum absolute atomic E-state index is 4.17. The number of hydrogen-bond donors (Lipinski definition) is 2. The molecule has 0 saturated heterocycles. The van der Waals surface area contributed by atoms with Crippen LogP contribution in [-0.2, 0) is 6.42 Å². The Balaban J connectivity index is 1.97. The highest BCUT2D eigenvalue weighted by Crippen LogP contribution is 2.18. The summed E-state index contributed by atoms with van der Waals surface area (Å²) in [6.07, 6.45) is 3.88. The summed E-state index contributed by atoms with van der Waals surface area (Å²) in [5.41, 5.74) is 2.70. The first-order valence-electron chi connectivity index (χ1n) is 6.91. The van der Waals surface area contributed by atoms with Crippen molar-refractivity contribution in [3.05, 3.63) is 47.5 Å². The van der Waals surface area contributed by atoms with Gasteiger partial charge in [0.2, 0.25) is 0 Å². The van der Waals surface area contributed by atoms with Crippen LogP contribution in [0.2, 0.25) is 0 Å². The molecule has 2 atom stereocenters. The summed E-state index contributed by atoms with van der Waals surface area (Å²) in [6.45, 7) is 6.46. The van der Waals surface area contributed by atoms with Crippen molar-refractivity contribution in [2.24, 2.45) is 0 Å². The first-order chi connectivity index (χ1) is 9.20. The van der Waals surface area contributed by atoms with Crippen molar-refractivity contribution >= 4 is 0 Å². The van der Waals surface area contributed by atoms with Gasteiger partial charge in [-0.2, -0.15) is 5.10 Å². The number of hydrogen-bond acceptors (Lipinski definition) is 3. The van der Waals surface area contributed by atoms with Gasteiger partial charge < -0.3 is 5.32 Å². The van der Waals surface area contributed by atoms with E-state index in [0.29, 0.717) is 0 Å². The number of benzene rings is 1. The van der Waals surface area contributed by atoms with Crippen LogP contribution in [0.1, 0.15) is 56.2 Å². The van der Waals surface area contributed by atoms with Crippen LogP contribution in [0.5, 0.6) is 0 Å². The molecule has 0 aliphatic rings. The Morgan fingerprint density at radius 2 is 1.89 bits per heavy atom. The Morgan fingerprint density at radius 1 is 1.16 bits per heavy atom. The standard InChI is InChI=1S/C15H22N4/c1-4-5-13-6-8-14(9-7-13)11(2)18-12(3)15-16-10-17-19-15/h6-12,18H,4-5H2,1-3H3,(H,16,17,19). The maximum Gasteiger partial charge on any atom is 0.141 e. The third-order valence-electron chi connectivity index (χ3n) is 3.36. The van der Waals surface area contributed by atoms with Crippen LogP contribution in [0.3, 0.4) is 0 Å². The fourth-order valence-electron chi connectivity index (χ4n) is 2.24. The predicted octanol–water partition coefficient (Wildman–Crippen LogP) is 3.17. The van der Waals surface area contributed by atoms with Crippen molar-refractivity contribution in [3.8, 4) is 0 Å². The lowest BCUT2D eigenvalue weighted by molar-refractivity contribution is 0.477. The van der Waals surface area contributed by atoms with Crippen LogP contribution < -0.4 is 5.32 Å². The zero-order valence-corrected chi connectivity index (χ0v) is 11.9. The lowest BCUT2D eigenvalue weighted by atomic mass is 10.0. The molecule has 4 nitrogen and oxygen atoms in total. The minimum absolute atomic E-state index is 0.160. The summed E-state index contributed by atoms with van der Waals surface area (Å²) >= 11 is 0. The number of nitrogens with one attached hydrogen (secondary N) is 2. The zero-order valence-electron chi connectivity index (χ0n) is 11.9. The quantitative estimate of drug-likeness (QED) is 0.836. The van der Waals surface area contributed by atoms with Crippen molar-refractivity contribution in [1.29, 1.82) is 0 Å². The van der Waals surface area contributed by atoms with Crippen molar-refractivity contribution in [3.63, 3.8) is 0 Å². The highest BCUT2D eigenvalue weighted by molar-refractivity contribution is 5.25. The molecule has 0 aliphatic carbocycles. The SMILES string of the molecule is CCCc1ccc(C(C)NC(C)c2ncn[nH]2)cc1. The molecule has 2 N–H and O–H groups in total. The maximum atomic E-state index is 4.17. The van der Waals surface area contributed by atoms with Crippen LogP contribution in [0.15, 0.2) is 30.6 Å². The van der Waals surface area contributed by atoms with E-state index in [2.05, 4.69) is 65.5 Å². The smallest absolute Gasteiger partial charge is 0.141 e. The molecule has 0 fully saturated rings. The third kappa shape index (κ3) is 3.64. The third-order valence-corrected chi connectivity index (χ3v) is 3.36. The minimum atomic E-state index is 0.160. The van der Waals surface area contributed by atoms with E-state index >= 15 is 0 Å². The molecule has 1 aromatic carbocycles. The van der Waals surface area contributed by atoms with E-state index in [9.17, 15) is 0 Å². The van der Waals surface area contributed by atoms with Crippen molar-refractivity contribution in [1.82, 2.24) is 20.5 Å². The summed E-state index contributed by atoms with van der Waals surface area (Å²) in [6, 6.07) is 9.29. The molecule has 0 spiro atoms. The summed E-state index contributed by atoms with van der Waals surface area (Å²) in [7, 11) is 0. The minimum Gasteiger partial charge on any atom is -0.301 e. The van der Waals surface area contributed by atoms with Gasteiger partial charge in [-0.05, 0) is 31.4 Å². The number of H-pyrrole nitrogens is 1. The van der Waals surface area contributed by atoms with E-state index in [1.807, 2.05) is 0 Å². The molecule has 1 heterocycles. The van der Waals surface area contributed by atoms with Crippen LogP contribution in [0.25, 0.3) is 0 Å². The molecule has 19 heavy (non-hydrogen) atoms. The van der Waals surface area contributed by atoms with Gasteiger partial charge >= 0.3 is 0 Å². The number of aryl methyl sites for hydroxylation is 1. The van der Waals surface area contributed by atoms with Gasteiger partial charge in [-0.25, -0.2) is 4.98 Å². The molecule has 2 aromatic rings. The van der Waals surface area contributed by atoms with E-state index in [-0.39, 0.29) is 12.1 Å². The fraction of sp³-hybridized carbons (Fsp3) is 0.467. The zero-order chi connectivity index (χ0) is 13.7. The normalized spacial score (nSPS) is 14.3. The van der Waals surface area contributed by atoms with Gasteiger partial charge in [0.1, 0.15) is 12.2 Å². The number of rotatable bonds is 6. The number of nitrogens with zero attached hydrogens (tertiary/aromatic N) is 2. The molecule has 102 valence electrons. The molecule has 0 aliphatic heterocycles.